The molecule has 2 N–H and O–H groups in total. The summed E-state index contributed by atoms with van der Waals surface area (Å²) >= 11 is 8.08. The van der Waals surface area contributed by atoms with Crippen molar-refractivity contribution in [1.29, 1.82) is 5.26 Å². The summed E-state index contributed by atoms with van der Waals surface area (Å²) in [6.45, 7) is 7.46. The Hall–Kier alpha value is -2.67. The number of likely N-dealkylation sites (tertiary alicyclic amines) is 1. The summed E-state index contributed by atoms with van der Waals surface area (Å²) in [6.07, 6.45) is 5.89. The van der Waals surface area contributed by atoms with Crippen molar-refractivity contribution >= 4 is 29.3 Å². The molecule has 1 saturated heterocycles. The molecule has 2 aromatic rings. The quantitative estimate of drug-likeness (QED) is 0.492. The SMILES string of the molecule is CSc1cc(C)[nH]c(=O)c1CNC(=O)c1cc(Cl)c2c(c1C)OC(C)(C1CCC(N3CC(C#N)C3)CC1)O2. The number of pyridine rings is 1. The molecule has 5 rings (SSSR count). The van der Waals surface area contributed by atoms with E-state index in [9.17, 15) is 9.59 Å². The average Bonchev–Trinajstić information content (AvgIpc) is 3.24. The highest BCUT2D eigenvalue weighted by molar-refractivity contribution is 7.98. The first-order valence-corrected chi connectivity index (χ1v) is 14.6. The highest BCUT2D eigenvalue weighted by atomic mass is 35.5. The lowest BCUT2D eigenvalue weighted by molar-refractivity contribution is -0.126. The second-order valence-electron chi connectivity index (χ2n) is 10.7. The van der Waals surface area contributed by atoms with Crippen LogP contribution in [0.2, 0.25) is 5.02 Å². The molecular weight excluding hydrogens is 524 g/mol. The van der Waals surface area contributed by atoms with Crippen molar-refractivity contribution in [3.05, 3.63) is 49.9 Å². The smallest absolute Gasteiger partial charge is 0.254 e. The van der Waals surface area contributed by atoms with Crippen molar-refractivity contribution in [2.45, 2.75) is 69.7 Å². The van der Waals surface area contributed by atoms with E-state index >= 15 is 0 Å². The lowest BCUT2D eigenvalue weighted by Gasteiger charge is -2.45. The average molecular weight is 557 g/mol. The van der Waals surface area contributed by atoms with E-state index in [1.807, 2.05) is 33.1 Å². The van der Waals surface area contributed by atoms with Crippen LogP contribution in [0, 0.1) is 37.0 Å². The predicted octanol–water partition coefficient (Wildman–Crippen LogP) is 4.80. The number of H-pyrrole nitrogens is 1. The fourth-order valence-corrected chi connectivity index (χ4v) is 6.85. The lowest BCUT2D eigenvalue weighted by Crippen LogP contribution is -2.54. The minimum absolute atomic E-state index is 0.100. The standard InChI is InChI=1S/C28H33ClN4O4S/c1-15-9-23(38-4)21(27(35)32-15)12-31-26(34)20-10-22(29)25-24(16(20)2)36-28(3,37-25)18-5-7-19(8-6-18)33-13-17(11-30)14-33/h9-10,17-19H,5-8,12-14H2,1-4H3,(H,31,34)(H,32,35). The number of fused-ring (bicyclic) bond motifs is 1. The summed E-state index contributed by atoms with van der Waals surface area (Å²) in [5.41, 5.74) is 2.14. The number of thioether (sulfide) groups is 1. The number of carbonyl (C=O) groups is 1. The van der Waals surface area contributed by atoms with Crippen LogP contribution in [0.15, 0.2) is 21.8 Å². The van der Waals surface area contributed by atoms with Crippen molar-refractivity contribution in [3.63, 3.8) is 0 Å². The van der Waals surface area contributed by atoms with Gasteiger partial charge in [0.2, 0.25) is 0 Å². The van der Waals surface area contributed by atoms with Gasteiger partial charge in [-0.3, -0.25) is 14.5 Å². The maximum absolute atomic E-state index is 13.2. The molecule has 0 bridgehead atoms. The van der Waals surface area contributed by atoms with Crippen molar-refractivity contribution in [3.8, 4) is 17.6 Å². The van der Waals surface area contributed by atoms with Gasteiger partial charge in [-0.25, -0.2) is 0 Å². The number of amides is 1. The van der Waals surface area contributed by atoms with Gasteiger partial charge in [-0.1, -0.05) is 11.6 Å². The number of nitrogens with one attached hydrogen (secondary N) is 2. The van der Waals surface area contributed by atoms with Crippen molar-refractivity contribution in [2.75, 3.05) is 19.3 Å². The van der Waals surface area contributed by atoms with Crippen LogP contribution in [0.4, 0.5) is 0 Å². The molecule has 1 saturated carbocycles. The van der Waals surface area contributed by atoms with Crippen molar-refractivity contribution in [1.82, 2.24) is 15.2 Å². The molecular formula is C28H33ClN4O4S. The predicted molar refractivity (Wildman–Crippen MR) is 147 cm³/mol. The number of halogens is 1. The Morgan fingerprint density at radius 1 is 1.24 bits per heavy atom. The van der Waals surface area contributed by atoms with Crippen LogP contribution in [-0.4, -0.2) is 47.0 Å². The molecule has 1 amide bonds. The second kappa shape index (κ2) is 10.5. The summed E-state index contributed by atoms with van der Waals surface area (Å²) in [4.78, 5) is 31.7. The van der Waals surface area contributed by atoms with Crippen LogP contribution >= 0.6 is 23.4 Å². The largest absolute Gasteiger partial charge is 0.448 e. The van der Waals surface area contributed by atoms with Crippen LogP contribution in [0.25, 0.3) is 0 Å². The summed E-state index contributed by atoms with van der Waals surface area (Å²) in [5.74, 6) is 0.147. The number of aromatic nitrogens is 1. The zero-order valence-corrected chi connectivity index (χ0v) is 23.7. The van der Waals surface area contributed by atoms with E-state index in [0.29, 0.717) is 39.3 Å². The third-order valence-electron chi connectivity index (χ3n) is 8.22. The molecule has 38 heavy (non-hydrogen) atoms. The number of ether oxygens (including phenoxy) is 2. The van der Waals surface area contributed by atoms with Gasteiger partial charge in [0.15, 0.2) is 11.5 Å². The van der Waals surface area contributed by atoms with E-state index in [4.69, 9.17) is 26.3 Å². The van der Waals surface area contributed by atoms with Gasteiger partial charge in [0.1, 0.15) is 0 Å². The minimum atomic E-state index is -0.858. The molecule has 2 aliphatic heterocycles. The molecule has 3 aliphatic rings. The lowest BCUT2D eigenvalue weighted by atomic mass is 9.79. The summed E-state index contributed by atoms with van der Waals surface area (Å²) in [7, 11) is 0. The number of nitrogens with zero attached hydrogens (tertiary/aromatic N) is 2. The molecule has 202 valence electrons. The Kier molecular flexibility index (Phi) is 7.42. The first kappa shape index (κ1) is 26.9. The third kappa shape index (κ3) is 4.90. The number of nitriles is 1. The highest BCUT2D eigenvalue weighted by Crippen LogP contribution is 2.52. The molecule has 0 spiro atoms. The number of benzene rings is 1. The number of rotatable bonds is 6. The van der Waals surface area contributed by atoms with Gasteiger partial charge < -0.3 is 19.8 Å². The van der Waals surface area contributed by atoms with E-state index in [2.05, 4.69) is 21.3 Å². The van der Waals surface area contributed by atoms with Crippen molar-refractivity contribution < 1.29 is 14.3 Å². The van der Waals surface area contributed by atoms with Gasteiger partial charge in [0, 0.05) is 65.8 Å². The second-order valence-corrected chi connectivity index (χ2v) is 12.0. The van der Waals surface area contributed by atoms with Crippen LogP contribution in [0.3, 0.4) is 0 Å². The molecule has 3 heterocycles. The Morgan fingerprint density at radius 2 is 1.92 bits per heavy atom. The monoisotopic (exact) mass is 556 g/mol. The Balaban J connectivity index is 1.27. The van der Waals surface area contributed by atoms with Crippen LogP contribution in [-0.2, 0) is 6.54 Å². The molecule has 1 aliphatic carbocycles. The highest BCUT2D eigenvalue weighted by Gasteiger charge is 2.48. The Bertz CT molecular complexity index is 1360. The first-order chi connectivity index (χ1) is 18.1. The number of aromatic amines is 1. The topological polar surface area (TPSA) is 107 Å². The molecule has 0 radical (unpaired) electrons. The Labute approximate surface area is 232 Å². The fraction of sp³-hybridized carbons (Fsp3) is 0.536. The van der Waals surface area contributed by atoms with Gasteiger partial charge >= 0.3 is 0 Å². The first-order valence-electron chi connectivity index (χ1n) is 13.0. The zero-order chi connectivity index (χ0) is 27.2. The molecule has 1 atom stereocenters. The minimum Gasteiger partial charge on any atom is -0.448 e. The Morgan fingerprint density at radius 3 is 2.58 bits per heavy atom. The van der Waals surface area contributed by atoms with Gasteiger partial charge in [0.05, 0.1) is 17.0 Å². The van der Waals surface area contributed by atoms with E-state index in [1.165, 1.54) is 11.8 Å². The summed E-state index contributed by atoms with van der Waals surface area (Å²) in [5, 5.41) is 12.3. The van der Waals surface area contributed by atoms with Crippen molar-refractivity contribution in [2.24, 2.45) is 11.8 Å². The normalized spacial score (nSPS) is 25.1. The molecule has 2 fully saturated rings. The van der Waals surface area contributed by atoms with Crippen LogP contribution in [0.5, 0.6) is 11.5 Å². The maximum atomic E-state index is 13.2. The molecule has 10 heteroatoms. The molecule has 8 nitrogen and oxygen atoms in total. The van der Waals surface area contributed by atoms with Gasteiger partial charge in [0.25, 0.3) is 17.3 Å². The van der Waals surface area contributed by atoms with E-state index in [-0.39, 0.29) is 29.8 Å². The van der Waals surface area contributed by atoms with E-state index in [0.717, 1.165) is 49.4 Å². The third-order valence-corrected chi connectivity index (χ3v) is 9.30. The zero-order valence-electron chi connectivity index (χ0n) is 22.2. The number of hydrogen-bond donors (Lipinski definition) is 2. The molecule has 1 unspecified atom stereocenters. The van der Waals surface area contributed by atoms with E-state index in [1.54, 1.807) is 6.07 Å². The number of aryl methyl sites for hydroxylation is 1. The van der Waals surface area contributed by atoms with Crippen LogP contribution < -0.4 is 20.3 Å². The number of hydrogen-bond acceptors (Lipinski definition) is 7. The number of carbonyl (C=O) groups excluding carboxylic acids is 1. The molecule has 1 aromatic heterocycles. The maximum Gasteiger partial charge on any atom is 0.254 e. The van der Waals surface area contributed by atoms with Crippen LogP contribution in [0.1, 0.15) is 59.8 Å². The fourth-order valence-electron chi connectivity index (χ4n) is 5.91. The van der Waals surface area contributed by atoms with Gasteiger partial charge in [-0.05, 0) is 57.9 Å². The van der Waals surface area contributed by atoms with Gasteiger partial charge in [-0.2, -0.15) is 5.26 Å². The van der Waals surface area contributed by atoms with Gasteiger partial charge in [-0.15, -0.1) is 11.8 Å². The molecule has 1 aromatic carbocycles. The summed E-state index contributed by atoms with van der Waals surface area (Å²) in [6, 6.07) is 6.37. The van der Waals surface area contributed by atoms with E-state index < -0.39 is 5.79 Å². The summed E-state index contributed by atoms with van der Waals surface area (Å²) < 4.78 is 12.8.